The molecule has 0 saturated carbocycles. The van der Waals surface area contributed by atoms with Crippen molar-refractivity contribution >= 4 is 6.09 Å². The van der Waals surface area contributed by atoms with E-state index in [1.807, 2.05) is 25.1 Å². The largest absolute Gasteiger partial charge is 0.410 e. The van der Waals surface area contributed by atoms with Gasteiger partial charge in [0, 0.05) is 5.56 Å². The van der Waals surface area contributed by atoms with Crippen molar-refractivity contribution < 1.29 is 9.53 Å². The molecule has 2 N–H and O–H groups in total. The number of carbonyl (C=O) groups is 1. The minimum Gasteiger partial charge on any atom is -0.410 e. The third kappa shape index (κ3) is 2.72. The van der Waals surface area contributed by atoms with E-state index in [-0.39, 0.29) is 5.41 Å². The highest BCUT2D eigenvalue weighted by atomic mass is 16.5. The Kier molecular flexibility index (Phi) is 3.03. The van der Waals surface area contributed by atoms with Crippen molar-refractivity contribution in [3.8, 4) is 5.75 Å². The van der Waals surface area contributed by atoms with Crippen molar-refractivity contribution in [2.45, 2.75) is 33.1 Å². The number of primary amides is 1. The van der Waals surface area contributed by atoms with Gasteiger partial charge in [-0.25, -0.2) is 4.79 Å². The van der Waals surface area contributed by atoms with Gasteiger partial charge in [0.25, 0.3) is 0 Å². The standard InChI is InChI=1S/C12H17NO2/c1-8-6-5-7-9(12(2,3)4)10(8)15-11(13)14/h5-7H,1-4H3,(H2,13,14). The van der Waals surface area contributed by atoms with Gasteiger partial charge < -0.3 is 10.5 Å². The first-order chi connectivity index (χ1) is 6.82. The molecule has 0 aromatic heterocycles. The Morgan fingerprint density at radius 2 is 1.93 bits per heavy atom. The van der Waals surface area contributed by atoms with Gasteiger partial charge in [0.1, 0.15) is 5.75 Å². The number of hydrogen-bond donors (Lipinski definition) is 1. The number of ether oxygens (including phenoxy) is 1. The second-order valence-corrected chi connectivity index (χ2v) is 4.62. The van der Waals surface area contributed by atoms with E-state index in [2.05, 4.69) is 20.8 Å². The molecule has 1 rings (SSSR count). The number of nitrogens with two attached hydrogens (primary N) is 1. The first-order valence-corrected chi connectivity index (χ1v) is 4.90. The molecular formula is C12H17NO2. The Hall–Kier alpha value is -1.51. The monoisotopic (exact) mass is 207 g/mol. The second-order valence-electron chi connectivity index (χ2n) is 4.62. The zero-order chi connectivity index (χ0) is 11.6. The first-order valence-electron chi connectivity index (χ1n) is 4.90. The molecule has 0 atom stereocenters. The fraction of sp³-hybridized carbons (Fsp3) is 0.417. The van der Waals surface area contributed by atoms with E-state index in [0.717, 1.165) is 11.1 Å². The van der Waals surface area contributed by atoms with Crippen LogP contribution in [0.3, 0.4) is 0 Å². The van der Waals surface area contributed by atoms with Gasteiger partial charge in [-0.05, 0) is 17.9 Å². The topological polar surface area (TPSA) is 52.3 Å². The van der Waals surface area contributed by atoms with Gasteiger partial charge in [0.05, 0.1) is 0 Å². The Balaban J connectivity index is 3.26. The second kappa shape index (κ2) is 3.93. The Labute approximate surface area is 90.2 Å². The number of amides is 1. The van der Waals surface area contributed by atoms with Crippen molar-refractivity contribution in [1.82, 2.24) is 0 Å². The van der Waals surface area contributed by atoms with Crippen molar-refractivity contribution in [2.75, 3.05) is 0 Å². The van der Waals surface area contributed by atoms with E-state index >= 15 is 0 Å². The summed E-state index contributed by atoms with van der Waals surface area (Å²) in [7, 11) is 0. The lowest BCUT2D eigenvalue weighted by atomic mass is 9.85. The average Bonchev–Trinajstić information content (AvgIpc) is 2.05. The Morgan fingerprint density at radius 1 is 1.33 bits per heavy atom. The maximum Gasteiger partial charge on any atom is 0.409 e. The molecule has 0 heterocycles. The van der Waals surface area contributed by atoms with Crippen molar-refractivity contribution in [2.24, 2.45) is 5.73 Å². The van der Waals surface area contributed by atoms with Crippen molar-refractivity contribution in [3.05, 3.63) is 29.3 Å². The highest BCUT2D eigenvalue weighted by Gasteiger charge is 2.21. The number of hydrogen-bond acceptors (Lipinski definition) is 2. The van der Waals surface area contributed by atoms with E-state index in [1.165, 1.54) is 0 Å². The van der Waals surface area contributed by atoms with Gasteiger partial charge in [-0.1, -0.05) is 39.0 Å². The molecule has 0 unspecified atom stereocenters. The molecule has 82 valence electrons. The van der Waals surface area contributed by atoms with Crippen LogP contribution < -0.4 is 10.5 Å². The lowest BCUT2D eigenvalue weighted by molar-refractivity contribution is 0.209. The van der Waals surface area contributed by atoms with Crippen molar-refractivity contribution in [3.63, 3.8) is 0 Å². The van der Waals surface area contributed by atoms with Crippen LogP contribution in [-0.4, -0.2) is 6.09 Å². The van der Waals surface area contributed by atoms with Crippen LogP contribution in [0.4, 0.5) is 4.79 Å². The number of rotatable bonds is 1. The molecule has 3 nitrogen and oxygen atoms in total. The Morgan fingerprint density at radius 3 is 2.40 bits per heavy atom. The highest BCUT2D eigenvalue weighted by molar-refractivity contribution is 5.69. The van der Waals surface area contributed by atoms with E-state index in [1.54, 1.807) is 0 Å². The van der Waals surface area contributed by atoms with E-state index in [0.29, 0.717) is 5.75 Å². The molecular weight excluding hydrogens is 190 g/mol. The molecule has 0 aliphatic heterocycles. The molecule has 3 heteroatoms. The molecule has 0 aliphatic carbocycles. The van der Waals surface area contributed by atoms with Gasteiger partial charge in [-0.2, -0.15) is 0 Å². The summed E-state index contributed by atoms with van der Waals surface area (Å²) in [4.78, 5) is 10.8. The fourth-order valence-electron chi connectivity index (χ4n) is 1.48. The first kappa shape index (κ1) is 11.6. The smallest absolute Gasteiger partial charge is 0.409 e. The third-order valence-electron chi connectivity index (χ3n) is 2.22. The Bertz CT molecular complexity index is 378. The quantitative estimate of drug-likeness (QED) is 0.769. The van der Waals surface area contributed by atoms with Gasteiger partial charge >= 0.3 is 6.09 Å². The summed E-state index contributed by atoms with van der Waals surface area (Å²) in [5, 5.41) is 0. The van der Waals surface area contributed by atoms with Gasteiger partial charge in [-0.3, -0.25) is 0 Å². The summed E-state index contributed by atoms with van der Waals surface area (Å²) in [6.07, 6.45) is -0.769. The molecule has 0 saturated heterocycles. The molecule has 1 aromatic rings. The zero-order valence-corrected chi connectivity index (χ0v) is 9.63. The molecule has 0 bridgehead atoms. The zero-order valence-electron chi connectivity index (χ0n) is 9.63. The molecule has 0 radical (unpaired) electrons. The van der Waals surface area contributed by atoms with Crippen LogP contribution in [0.1, 0.15) is 31.9 Å². The van der Waals surface area contributed by atoms with Crippen LogP contribution in [0, 0.1) is 6.92 Å². The normalized spacial score (nSPS) is 11.2. The van der Waals surface area contributed by atoms with Crippen molar-refractivity contribution in [1.29, 1.82) is 0 Å². The third-order valence-corrected chi connectivity index (χ3v) is 2.22. The summed E-state index contributed by atoms with van der Waals surface area (Å²) in [5.74, 6) is 0.581. The van der Waals surface area contributed by atoms with Gasteiger partial charge in [0.2, 0.25) is 0 Å². The summed E-state index contributed by atoms with van der Waals surface area (Å²) in [6.45, 7) is 8.09. The summed E-state index contributed by atoms with van der Waals surface area (Å²) < 4.78 is 5.04. The SMILES string of the molecule is Cc1cccc(C(C)(C)C)c1OC(N)=O. The van der Waals surface area contributed by atoms with Crippen LogP contribution in [-0.2, 0) is 5.41 Å². The molecule has 1 amide bonds. The van der Waals surface area contributed by atoms with Crippen LogP contribution in [0.25, 0.3) is 0 Å². The van der Waals surface area contributed by atoms with Crippen LogP contribution >= 0.6 is 0 Å². The molecule has 0 fully saturated rings. The average molecular weight is 207 g/mol. The van der Waals surface area contributed by atoms with Gasteiger partial charge in [0.15, 0.2) is 0 Å². The maximum absolute atomic E-state index is 10.8. The summed E-state index contributed by atoms with van der Waals surface area (Å²) >= 11 is 0. The molecule has 15 heavy (non-hydrogen) atoms. The number of carbonyl (C=O) groups excluding carboxylic acids is 1. The summed E-state index contributed by atoms with van der Waals surface area (Å²) in [5.41, 5.74) is 6.88. The van der Waals surface area contributed by atoms with Crippen LogP contribution in [0.15, 0.2) is 18.2 Å². The predicted molar refractivity (Wildman–Crippen MR) is 60.1 cm³/mol. The fourth-order valence-corrected chi connectivity index (χ4v) is 1.48. The summed E-state index contributed by atoms with van der Waals surface area (Å²) in [6, 6.07) is 5.79. The number of aryl methyl sites for hydroxylation is 1. The van der Waals surface area contributed by atoms with E-state index in [9.17, 15) is 4.79 Å². The van der Waals surface area contributed by atoms with E-state index < -0.39 is 6.09 Å². The van der Waals surface area contributed by atoms with Crippen LogP contribution in [0.5, 0.6) is 5.75 Å². The molecule has 0 aliphatic rings. The molecule has 0 spiro atoms. The number of benzene rings is 1. The number of para-hydroxylation sites is 1. The van der Waals surface area contributed by atoms with E-state index in [4.69, 9.17) is 10.5 Å². The lowest BCUT2D eigenvalue weighted by Gasteiger charge is -2.22. The maximum atomic E-state index is 10.8. The minimum atomic E-state index is -0.769. The van der Waals surface area contributed by atoms with Gasteiger partial charge in [-0.15, -0.1) is 0 Å². The van der Waals surface area contributed by atoms with Crippen LogP contribution in [0.2, 0.25) is 0 Å². The predicted octanol–water partition coefficient (Wildman–Crippen LogP) is 2.75. The minimum absolute atomic E-state index is 0.0726. The highest BCUT2D eigenvalue weighted by Crippen LogP contribution is 2.33. The lowest BCUT2D eigenvalue weighted by Crippen LogP contribution is -2.21. The molecule has 1 aromatic carbocycles.